The molecule has 0 N–H and O–H groups in total. The SMILES string of the molecule is CCN(C(=O)c1cc(F)ccc1Oc1nncnc1N1CCC2(C1)CN([C@H](C[C@@H](C)CN(C)CCOC)C(C)C)C2)C(C)C. The molecular weight excluding hydrogens is 561 g/mol. The predicted molar refractivity (Wildman–Crippen MR) is 171 cm³/mol. The molecule has 10 nitrogen and oxygen atoms in total. The maximum Gasteiger partial charge on any atom is 0.282 e. The highest BCUT2D eigenvalue weighted by atomic mass is 19.1. The van der Waals surface area contributed by atoms with Crippen molar-refractivity contribution < 1.29 is 18.7 Å². The van der Waals surface area contributed by atoms with Crippen LogP contribution in [0.3, 0.4) is 0 Å². The van der Waals surface area contributed by atoms with Gasteiger partial charge < -0.3 is 24.2 Å². The number of rotatable bonds is 15. The number of aromatic nitrogens is 3. The van der Waals surface area contributed by atoms with E-state index in [1.165, 1.54) is 30.9 Å². The molecule has 2 aliphatic rings. The monoisotopic (exact) mass is 613 g/mol. The molecule has 1 aromatic carbocycles. The summed E-state index contributed by atoms with van der Waals surface area (Å²) in [5.41, 5.74) is 0.354. The van der Waals surface area contributed by atoms with Gasteiger partial charge >= 0.3 is 0 Å². The Labute approximate surface area is 262 Å². The van der Waals surface area contributed by atoms with E-state index in [4.69, 9.17) is 9.47 Å². The van der Waals surface area contributed by atoms with Gasteiger partial charge in [0.15, 0.2) is 5.82 Å². The van der Waals surface area contributed by atoms with E-state index in [-0.39, 0.29) is 34.6 Å². The molecule has 1 spiro atoms. The third-order valence-corrected chi connectivity index (χ3v) is 9.17. The first-order chi connectivity index (χ1) is 21.0. The van der Waals surface area contributed by atoms with E-state index in [9.17, 15) is 9.18 Å². The highest BCUT2D eigenvalue weighted by molar-refractivity contribution is 5.97. The van der Waals surface area contributed by atoms with Gasteiger partial charge in [-0.15, -0.1) is 10.2 Å². The van der Waals surface area contributed by atoms with Crippen molar-refractivity contribution >= 4 is 11.7 Å². The fraction of sp³-hybridized carbons (Fsp3) is 0.697. The smallest absolute Gasteiger partial charge is 0.282 e. The number of anilines is 1. The van der Waals surface area contributed by atoms with Crippen molar-refractivity contribution in [1.82, 2.24) is 29.9 Å². The fourth-order valence-corrected chi connectivity index (χ4v) is 6.93. The van der Waals surface area contributed by atoms with Crippen molar-refractivity contribution in [2.75, 3.05) is 71.5 Å². The van der Waals surface area contributed by atoms with Crippen LogP contribution in [0.15, 0.2) is 24.5 Å². The lowest BCUT2D eigenvalue weighted by Crippen LogP contribution is -2.62. The summed E-state index contributed by atoms with van der Waals surface area (Å²) in [4.78, 5) is 26.8. The molecule has 2 fully saturated rings. The molecule has 1 amide bonds. The maximum absolute atomic E-state index is 14.3. The Morgan fingerprint density at radius 1 is 1.16 bits per heavy atom. The van der Waals surface area contributed by atoms with Crippen LogP contribution < -0.4 is 9.64 Å². The number of halogens is 1. The second-order valence-corrected chi connectivity index (χ2v) is 13.5. The zero-order valence-corrected chi connectivity index (χ0v) is 27.9. The van der Waals surface area contributed by atoms with Crippen LogP contribution in [0.25, 0.3) is 0 Å². The topological polar surface area (TPSA) is 87.2 Å². The van der Waals surface area contributed by atoms with E-state index in [1.807, 2.05) is 20.8 Å². The number of likely N-dealkylation sites (tertiary alicyclic amines) is 1. The molecule has 0 aliphatic carbocycles. The highest BCUT2D eigenvalue weighted by Crippen LogP contribution is 2.45. The number of hydrogen-bond donors (Lipinski definition) is 0. The lowest BCUT2D eigenvalue weighted by atomic mass is 9.76. The average molecular weight is 614 g/mol. The average Bonchev–Trinajstić information content (AvgIpc) is 3.41. The van der Waals surface area contributed by atoms with Crippen LogP contribution >= 0.6 is 0 Å². The van der Waals surface area contributed by atoms with E-state index in [1.54, 1.807) is 12.0 Å². The fourth-order valence-electron chi connectivity index (χ4n) is 6.93. The molecule has 3 heterocycles. The molecule has 2 aliphatic heterocycles. The molecule has 1 aromatic heterocycles. The summed E-state index contributed by atoms with van der Waals surface area (Å²) in [5.74, 6) is 1.45. The summed E-state index contributed by atoms with van der Waals surface area (Å²) in [6.45, 7) is 19.9. The zero-order valence-electron chi connectivity index (χ0n) is 27.9. The van der Waals surface area contributed by atoms with Gasteiger partial charge in [0.2, 0.25) is 0 Å². The summed E-state index contributed by atoms with van der Waals surface area (Å²) < 4.78 is 25.7. The Morgan fingerprint density at radius 2 is 1.91 bits per heavy atom. The second kappa shape index (κ2) is 14.9. The molecule has 4 rings (SSSR count). The normalized spacial score (nSPS) is 17.9. The molecule has 0 bridgehead atoms. The minimum Gasteiger partial charge on any atom is -0.434 e. The number of hydrogen-bond acceptors (Lipinski definition) is 9. The quantitative estimate of drug-likeness (QED) is 0.281. The van der Waals surface area contributed by atoms with E-state index in [0.29, 0.717) is 30.2 Å². The predicted octanol–water partition coefficient (Wildman–Crippen LogP) is 4.81. The molecule has 2 atom stereocenters. The van der Waals surface area contributed by atoms with Gasteiger partial charge in [0.05, 0.1) is 12.2 Å². The van der Waals surface area contributed by atoms with Gasteiger partial charge in [-0.2, -0.15) is 0 Å². The van der Waals surface area contributed by atoms with Crippen LogP contribution in [0.1, 0.15) is 64.7 Å². The number of ether oxygens (including phenoxy) is 2. The Bertz CT molecular complexity index is 1240. The number of likely N-dealkylation sites (N-methyl/N-ethyl adjacent to an activating group) is 1. The first-order valence-corrected chi connectivity index (χ1v) is 16.1. The number of methoxy groups -OCH3 is 1. The first kappa shape index (κ1) is 34.0. The van der Waals surface area contributed by atoms with Crippen LogP contribution in [0, 0.1) is 23.1 Å². The van der Waals surface area contributed by atoms with Crippen LogP contribution in [0.5, 0.6) is 11.6 Å². The molecule has 0 radical (unpaired) electrons. The lowest BCUT2D eigenvalue weighted by Gasteiger charge is -2.53. The van der Waals surface area contributed by atoms with Crippen LogP contribution in [0.4, 0.5) is 10.2 Å². The van der Waals surface area contributed by atoms with Crippen molar-refractivity contribution in [1.29, 1.82) is 0 Å². The second-order valence-electron chi connectivity index (χ2n) is 13.5. The van der Waals surface area contributed by atoms with Gasteiger partial charge in [-0.25, -0.2) is 9.37 Å². The largest absolute Gasteiger partial charge is 0.434 e. The Hall–Kier alpha value is -2.89. The standard InChI is InChI=1S/C33H52FN7O3/c1-9-41(24(4)5)32(42)27-17-26(34)10-11-29(27)44-31-30(35-22-36-37-31)39-13-12-33(19-39)20-40(21-33)28(23(2)3)16-25(6)18-38(7)14-15-43-8/h10-11,17,22-25,28H,9,12-16,18-21H2,1-8H3/t25-,28-/m1/s1. The number of carbonyl (C=O) groups excluding carboxylic acids is 1. The van der Waals surface area contributed by atoms with Crippen molar-refractivity contribution in [3.63, 3.8) is 0 Å². The van der Waals surface area contributed by atoms with Crippen molar-refractivity contribution in [2.45, 2.75) is 66.5 Å². The van der Waals surface area contributed by atoms with E-state index >= 15 is 0 Å². The van der Waals surface area contributed by atoms with Crippen LogP contribution in [-0.4, -0.2) is 114 Å². The maximum atomic E-state index is 14.3. The summed E-state index contributed by atoms with van der Waals surface area (Å²) in [6.07, 6.45) is 3.66. The van der Waals surface area contributed by atoms with Gasteiger partial charge in [0, 0.05) is 70.4 Å². The summed E-state index contributed by atoms with van der Waals surface area (Å²) in [7, 11) is 3.93. The number of benzene rings is 1. The Morgan fingerprint density at radius 3 is 2.57 bits per heavy atom. The summed E-state index contributed by atoms with van der Waals surface area (Å²) in [5, 5.41) is 8.23. The molecule has 44 heavy (non-hydrogen) atoms. The third-order valence-electron chi connectivity index (χ3n) is 9.17. The molecule has 11 heteroatoms. The number of carbonyl (C=O) groups is 1. The van der Waals surface area contributed by atoms with Crippen molar-refractivity contribution in [3.05, 3.63) is 35.9 Å². The number of amides is 1. The molecule has 2 saturated heterocycles. The Balaban J connectivity index is 1.43. The van der Waals surface area contributed by atoms with Crippen LogP contribution in [-0.2, 0) is 4.74 Å². The molecule has 2 aromatic rings. The summed E-state index contributed by atoms with van der Waals surface area (Å²) >= 11 is 0. The molecule has 244 valence electrons. The minimum absolute atomic E-state index is 0.0408. The zero-order chi connectivity index (χ0) is 32.0. The van der Waals surface area contributed by atoms with Gasteiger partial charge in [0.1, 0.15) is 17.9 Å². The van der Waals surface area contributed by atoms with Crippen LogP contribution in [0.2, 0.25) is 0 Å². The van der Waals surface area contributed by atoms with E-state index in [2.05, 4.69) is 57.7 Å². The van der Waals surface area contributed by atoms with Gasteiger partial charge in [-0.05, 0) is 70.7 Å². The van der Waals surface area contributed by atoms with E-state index in [0.717, 1.165) is 52.3 Å². The van der Waals surface area contributed by atoms with Gasteiger partial charge in [-0.1, -0.05) is 20.8 Å². The minimum atomic E-state index is -0.499. The lowest BCUT2D eigenvalue weighted by molar-refractivity contribution is -0.0387. The van der Waals surface area contributed by atoms with Crippen molar-refractivity contribution in [2.24, 2.45) is 17.3 Å². The van der Waals surface area contributed by atoms with Gasteiger partial charge in [-0.3, -0.25) is 9.69 Å². The third kappa shape index (κ3) is 8.03. The Kier molecular flexibility index (Phi) is 11.5. The van der Waals surface area contributed by atoms with E-state index < -0.39 is 5.82 Å². The van der Waals surface area contributed by atoms with Crippen molar-refractivity contribution in [3.8, 4) is 11.6 Å². The van der Waals surface area contributed by atoms with Gasteiger partial charge in [0.25, 0.3) is 11.8 Å². The highest BCUT2D eigenvalue weighted by Gasteiger charge is 2.50. The first-order valence-electron chi connectivity index (χ1n) is 16.1. The number of nitrogens with zero attached hydrogens (tertiary/aromatic N) is 7. The molecular formula is C33H52FN7O3. The summed E-state index contributed by atoms with van der Waals surface area (Å²) in [6, 6.07) is 4.50. The molecule has 0 unspecified atom stereocenters. The molecule has 0 saturated carbocycles.